The van der Waals surface area contributed by atoms with E-state index in [2.05, 4.69) is 10.5 Å². The predicted molar refractivity (Wildman–Crippen MR) is 76.4 cm³/mol. The van der Waals surface area contributed by atoms with Crippen molar-refractivity contribution in [3.8, 4) is 5.75 Å². The van der Waals surface area contributed by atoms with Crippen molar-refractivity contribution >= 4 is 11.9 Å². The van der Waals surface area contributed by atoms with Gasteiger partial charge in [0.25, 0.3) is 5.91 Å². The SMILES string of the molecule is O=C(O)CCCNC(=O)c1cc(COc2ccccc2F)on1. The molecule has 122 valence electrons. The number of carboxylic acids is 1. The van der Waals surface area contributed by atoms with E-state index in [1.807, 2.05) is 0 Å². The Morgan fingerprint density at radius 2 is 2.13 bits per heavy atom. The smallest absolute Gasteiger partial charge is 0.303 e. The number of ether oxygens (including phenoxy) is 1. The number of para-hydroxylation sites is 1. The number of hydrogen-bond acceptors (Lipinski definition) is 5. The van der Waals surface area contributed by atoms with E-state index in [1.54, 1.807) is 12.1 Å². The second kappa shape index (κ2) is 7.92. The van der Waals surface area contributed by atoms with Crippen LogP contribution in [0.5, 0.6) is 5.75 Å². The standard InChI is InChI=1S/C15H15FN2O5/c16-11-4-1-2-5-13(11)22-9-10-8-12(18-23-10)15(21)17-7-3-6-14(19)20/h1-2,4-5,8H,3,6-7,9H2,(H,17,21)(H,19,20). The summed E-state index contributed by atoms with van der Waals surface area (Å²) in [5, 5.41) is 14.6. The maximum absolute atomic E-state index is 13.4. The highest BCUT2D eigenvalue weighted by atomic mass is 19.1. The molecule has 0 fully saturated rings. The molecule has 1 heterocycles. The number of hydrogen-bond donors (Lipinski definition) is 2. The molecule has 2 rings (SSSR count). The van der Waals surface area contributed by atoms with E-state index in [0.29, 0.717) is 6.42 Å². The fourth-order valence-corrected chi connectivity index (χ4v) is 1.73. The molecule has 0 saturated heterocycles. The zero-order valence-corrected chi connectivity index (χ0v) is 12.1. The Bertz CT molecular complexity index is 686. The summed E-state index contributed by atoms with van der Waals surface area (Å²) in [5.41, 5.74) is 0.0486. The summed E-state index contributed by atoms with van der Waals surface area (Å²) in [7, 11) is 0. The van der Waals surface area contributed by atoms with Gasteiger partial charge in [0.15, 0.2) is 23.0 Å². The Labute approximate surface area is 131 Å². The normalized spacial score (nSPS) is 10.3. The van der Waals surface area contributed by atoms with E-state index in [4.69, 9.17) is 14.4 Å². The monoisotopic (exact) mass is 322 g/mol. The Kier molecular flexibility index (Phi) is 5.67. The van der Waals surface area contributed by atoms with E-state index in [1.165, 1.54) is 18.2 Å². The molecule has 1 aromatic carbocycles. The zero-order chi connectivity index (χ0) is 16.7. The molecule has 8 heteroatoms. The van der Waals surface area contributed by atoms with Crippen LogP contribution >= 0.6 is 0 Å². The summed E-state index contributed by atoms with van der Waals surface area (Å²) in [6.45, 7) is 0.152. The molecule has 0 aliphatic rings. The number of halogens is 1. The van der Waals surface area contributed by atoms with Crippen LogP contribution in [-0.2, 0) is 11.4 Å². The second-order valence-corrected chi connectivity index (χ2v) is 4.65. The minimum atomic E-state index is -0.923. The van der Waals surface area contributed by atoms with Gasteiger partial charge in [0.05, 0.1) is 0 Å². The molecule has 0 aliphatic heterocycles. The topological polar surface area (TPSA) is 102 Å². The molecule has 1 aromatic heterocycles. The average molecular weight is 322 g/mol. The molecule has 0 atom stereocenters. The van der Waals surface area contributed by atoms with Gasteiger partial charge in [-0.1, -0.05) is 17.3 Å². The maximum atomic E-state index is 13.4. The fourth-order valence-electron chi connectivity index (χ4n) is 1.73. The molecular formula is C15H15FN2O5. The summed E-state index contributed by atoms with van der Waals surface area (Å²) in [5.74, 6) is -1.56. The summed E-state index contributed by atoms with van der Waals surface area (Å²) in [4.78, 5) is 22.1. The van der Waals surface area contributed by atoms with Crippen molar-refractivity contribution < 1.29 is 28.3 Å². The highest BCUT2D eigenvalue weighted by Crippen LogP contribution is 2.17. The van der Waals surface area contributed by atoms with Crippen molar-refractivity contribution in [2.24, 2.45) is 0 Å². The van der Waals surface area contributed by atoms with E-state index in [9.17, 15) is 14.0 Å². The molecule has 0 bridgehead atoms. The minimum absolute atomic E-state index is 0.0270. The van der Waals surface area contributed by atoms with Gasteiger partial charge >= 0.3 is 5.97 Å². The van der Waals surface area contributed by atoms with E-state index in [-0.39, 0.29) is 36.8 Å². The van der Waals surface area contributed by atoms with Gasteiger partial charge in [-0.3, -0.25) is 9.59 Å². The number of nitrogens with zero attached hydrogens (tertiary/aromatic N) is 1. The number of nitrogens with one attached hydrogen (secondary N) is 1. The Morgan fingerprint density at radius 3 is 2.87 bits per heavy atom. The second-order valence-electron chi connectivity index (χ2n) is 4.65. The lowest BCUT2D eigenvalue weighted by Gasteiger charge is -2.03. The lowest BCUT2D eigenvalue weighted by molar-refractivity contribution is -0.137. The van der Waals surface area contributed by atoms with Gasteiger partial charge < -0.3 is 19.7 Å². The van der Waals surface area contributed by atoms with Crippen LogP contribution in [0.25, 0.3) is 0 Å². The molecule has 2 aromatic rings. The first-order chi connectivity index (χ1) is 11.1. The van der Waals surface area contributed by atoms with Crippen LogP contribution in [0.15, 0.2) is 34.9 Å². The van der Waals surface area contributed by atoms with Crippen LogP contribution < -0.4 is 10.1 Å². The average Bonchev–Trinajstić information content (AvgIpc) is 2.99. The van der Waals surface area contributed by atoms with Crippen LogP contribution in [0, 0.1) is 5.82 Å². The fraction of sp³-hybridized carbons (Fsp3) is 0.267. The molecule has 7 nitrogen and oxygen atoms in total. The summed E-state index contributed by atoms with van der Waals surface area (Å²) in [6.07, 6.45) is 0.295. The Morgan fingerprint density at radius 1 is 1.35 bits per heavy atom. The lowest BCUT2D eigenvalue weighted by Crippen LogP contribution is -2.25. The third kappa shape index (κ3) is 5.10. The highest BCUT2D eigenvalue weighted by Gasteiger charge is 2.13. The van der Waals surface area contributed by atoms with Crippen LogP contribution in [0.2, 0.25) is 0 Å². The van der Waals surface area contributed by atoms with Crippen LogP contribution in [0.3, 0.4) is 0 Å². The molecule has 0 saturated carbocycles. The van der Waals surface area contributed by atoms with Crippen LogP contribution in [0.1, 0.15) is 29.1 Å². The summed E-state index contributed by atoms with van der Waals surface area (Å²) < 4.78 is 23.6. The van der Waals surface area contributed by atoms with Crippen molar-refractivity contribution in [1.82, 2.24) is 10.5 Å². The number of carbonyl (C=O) groups excluding carboxylic acids is 1. The van der Waals surface area contributed by atoms with Crippen LogP contribution in [0.4, 0.5) is 4.39 Å². The Balaban J connectivity index is 1.82. The first-order valence-corrected chi connectivity index (χ1v) is 6.89. The van der Waals surface area contributed by atoms with Crippen molar-refractivity contribution in [2.45, 2.75) is 19.4 Å². The number of carboxylic acid groups (broad SMARTS) is 1. The maximum Gasteiger partial charge on any atom is 0.303 e. The van der Waals surface area contributed by atoms with Gasteiger partial charge in [-0.15, -0.1) is 0 Å². The third-order valence-corrected chi connectivity index (χ3v) is 2.85. The molecule has 0 unspecified atom stereocenters. The number of benzene rings is 1. The van der Waals surface area contributed by atoms with Gasteiger partial charge in [0, 0.05) is 19.0 Å². The van der Waals surface area contributed by atoms with Gasteiger partial charge in [0.1, 0.15) is 6.61 Å². The number of aromatic nitrogens is 1. The lowest BCUT2D eigenvalue weighted by atomic mass is 10.3. The Hall–Kier alpha value is -2.90. The molecular weight excluding hydrogens is 307 g/mol. The third-order valence-electron chi connectivity index (χ3n) is 2.85. The number of aliphatic carboxylic acids is 1. The van der Waals surface area contributed by atoms with Crippen molar-refractivity contribution in [2.75, 3.05) is 6.54 Å². The van der Waals surface area contributed by atoms with E-state index in [0.717, 1.165) is 0 Å². The van der Waals surface area contributed by atoms with Gasteiger partial charge in [0.2, 0.25) is 0 Å². The molecule has 1 amide bonds. The molecule has 23 heavy (non-hydrogen) atoms. The number of amides is 1. The van der Waals surface area contributed by atoms with Crippen molar-refractivity contribution in [1.29, 1.82) is 0 Å². The van der Waals surface area contributed by atoms with Gasteiger partial charge in [-0.25, -0.2) is 4.39 Å². The highest BCUT2D eigenvalue weighted by molar-refractivity contribution is 5.92. The predicted octanol–water partition coefficient (Wildman–Crippen LogP) is 1.99. The zero-order valence-electron chi connectivity index (χ0n) is 12.1. The first kappa shape index (κ1) is 16.5. The number of rotatable bonds is 8. The summed E-state index contributed by atoms with van der Waals surface area (Å²) in [6, 6.07) is 7.30. The van der Waals surface area contributed by atoms with Crippen LogP contribution in [-0.4, -0.2) is 28.7 Å². The van der Waals surface area contributed by atoms with Gasteiger partial charge in [-0.05, 0) is 18.6 Å². The first-order valence-electron chi connectivity index (χ1n) is 6.89. The van der Waals surface area contributed by atoms with Crippen molar-refractivity contribution in [3.63, 3.8) is 0 Å². The molecule has 2 N–H and O–H groups in total. The van der Waals surface area contributed by atoms with E-state index >= 15 is 0 Å². The molecule has 0 aliphatic carbocycles. The summed E-state index contributed by atoms with van der Waals surface area (Å²) >= 11 is 0. The number of carbonyl (C=O) groups is 2. The molecule has 0 spiro atoms. The van der Waals surface area contributed by atoms with Crippen molar-refractivity contribution in [3.05, 3.63) is 47.6 Å². The van der Waals surface area contributed by atoms with Gasteiger partial charge in [-0.2, -0.15) is 0 Å². The minimum Gasteiger partial charge on any atom is -0.482 e. The quantitative estimate of drug-likeness (QED) is 0.721. The largest absolute Gasteiger partial charge is 0.482 e. The molecule has 0 radical (unpaired) electrons. The van der Waals surface area contributed by atoms with E-state index < -0.39 is 17.7 Å².